The molecule has 1 N–H and O–H groups in total. The lowest BCUT2D eigenvalue weighted by atomic mass is 10.2. The highest BCUT2D eigenvalue weighted by Crippen LogP contribution is 2.15. The number of carbonyl (C=O) groups excluding carboxylic acids is 1. The van der Waals surface area contributed by atoms with Crippen molar-refractivity contribution in [3.63, 3.8) is 0 Å². The normalized spacial score (nSPS) is 9.80. The van der Waals surface area contributed by atoms with Crippen LogP contribution < -0.4 is 5.32 Å². The van der Waals surface area contributed by atoms with E-state index >= 15 is 0 Å². The number of halogens is 3. The van der Waals surface area contributed by atoms with E-state index in [0.717, 1.165) is 6.07 Å². The van der Waals surface area contributed by atoms with Crippen molar-refractivity contribution in [2.45, 2.75) is 0 Å². The summed E-state index contributed by atoms with van der Waals surface area (Å²) in [7, 11) is 0. The van der Waals surface area contributed by atoms with Crippen molar-refractivity contribution in [2.24, 2.45) is 0 Å². The van der Waals surface area contributed by atoms with Gasteiger partial charge in [0, 0.05) is 16.6 Å². The summed E-state index contributed by atoms with van der Waals surface area (Å²) in [6.07, 6.45) is 0. The van der Waals surface area contributed by atoms with Crippen molar-refractivity contribution in [3.8, 4) is 0 Å². The third-order valence-electron chi connectivity index (χ3n) is 1.62. The van der Waals surface area contributed by atoms with Crippen LogP contribution in [-0.2, 0) is 0 Å². The van der Waals surface area contributed by atoms with Gasteiger partial charge in [-0.25, -0.2) is 4.39 Å². The van der Waals surface area contributed by atoms with E-state index in [2.05, 4.69) is 27.8 Å². The standard InChI is InChI=1S/C10H8BrClFNO/c1-6(11)5-14-10(15)7-2-3-8(12)9(13)4-7/h2-4H,1,5H2,(H,14,15). The first-order valence-corrected chi connectivity index (χ1v) is 5.24. The molecule has 1 aromatic rings. The van der Waals surface area contributed by atoms with Crippen molar-refractivity contribution < 1.29 is 9.18 Å². The van der Waals surface area contributed by atoms with Crippen LogP contribution in [0.15, 0.2) is 29.3 Å². The van der Waals surface area contributed by atoms with Gasteiger partial charge in [0.2, 0.25) is 0 Å². The lowest BCUT2D eigenvalue weighted by Crippen LogP contribution is -2.24. The van der Waals surface area contributed by atoms with Crippen LogP contribution >= 0.6 is 27.5 Å². The Balaban J connectivity index is 2.74. The Bertz CT molecular complexity index is 408. The third kappa shape index (κ3) is 3.64. The van der Waals surface area contributed by atoms with E-state index in [-0.39, 0.29) is 16.5 Å². The minimum atomic E-state index is -0.609. The number of benzene rings is 1. The molecule has 0 aliphatic heterocycles. The van der Waals surface area contributed by atoms with Crippen molar-refractivity contribution in [1.82, 2.24) is 5.32 Å². The molecule has 15 heavy (non-hydrogen) atoms. The Morgan fingerprint density at radius 2 is 2.27 bits per heavy atom. The van der Waals surface area contributed by atoms with Crippen LogP contribution in [-0.4, -0.2) is 12.5 Å². The van der Waals surface area contributed by atoms with Crippen molar-refractivity contribution in [2.75, 3.05) is 6.54 Å². The van der Waals surface area contributed by atoms with Crippen LogP contribution in [0.2, 0.25) is 5.02 Å². The Labute approximate surface area is 100 Å². The van der Waals surface area contributed by atoms with Gasteiger partial charge in [0.25, 0.3) is 5.91 Å². The summed E-state index contributed by atoms with van der Waals surface area (Å²) < 4.78 is 13.6. The molecule has 80 valence electrons. The molecule has 0 atom stereocenters. The maximum absolute atomic E-state index is 13.0. The summed E-state index contributed by atoms with van der Waals surface area (Å²) in [6, 6.07) is 3.89. The van der Waals surface area contributed by atoms with Gasteiger partial charge in [-0.1, -0.05) is 34.1 Å². The molecule has 0 unspecified atom stereocenters. The summed E-state index contributed by atoms with van der Waals surface area (Å²) in [5, 5.41) is 2.55. The molecule has 0 bridgehead atoms. The number of amides is 1. The van der Waals surface area contributed by atoms with E-state index in [9.17, 15) is 9.18 Å². The molecule has 0 aliphatic carbocycles. The smallest absolute Gasteiger partial charge is 0.251 e. The fraction of sp³-hybridized carbons (Fsp3) is 0.100. The summed E-state index contributed by atoms with van der Waals surface area (Å²) in [4.78, 5) is 11.4. The number of hydrogen-bond donors (Lipinski definition) is 1. The average molecular weight is 293 g/mol. The molecule has 0 spiro atoms. The highest BCUT2D eigenvalue weighted by molar-refractivity contribution is 9.11. The highest BCUT2D eigenvalue weighted by atomic mass is 79.9. The van der Waals surface area contributed by atoms with Gasteiger partial charge in [-0.05, 0) is 18.2 Å². The second-order valence-corrected chi connectivity index (χ2v) is 4.36. The lowest BCUT2D eigenvalue weighted by molar-refractivity contribution is 0.0957. The largest absolute Gasteiger partial charge is 0.347 e. The second-order valence-electron chi connectivity index (χ2n) is 2.83. The van der Waals surface area contributed by atoms with E-state index < -0.39 is 5.82 Å². The zero-order chi connectivity index (χ0) is 11.4. The van der Waals surface area contributed by atoms with E-state index in [1.807, 2.05) is 0 Å². The van der Waals surface area contributed by atoms with Gasteiger partial charge in [-0.3, -0.25) is 4.79 Å². The second kappa shape index (κ2) is 5.28. The summed E-state index contributed by atoms with van der Waals surface area (Å²) >= 11 is 8.58. The number of rotatable bonds is 3. The Kier molecular flexibility index (Phi) is 4.29. The quantitative estimate of drug-likeness (QED) is 0.911. The number of nitrogens with one attached hydrogen (secondary N) is 1. The molecule has 0 aliphatic rings. The first-order valence-electron chi connectivity index (χ1n) is 4.07. The first-order chi connectivity index (χ1) is 7.00. The van der Waals surface area contributed by atoms with Gasteiger partial charge in [0.1, 0.15) is 5.82 Å². The van der Waals surface area contributed by atoms with E-state index in [0.29, 0.717) is 11.0 Å². The molecular weight excluding hydrogens is 284 g/mol. The predicted molar refractivity (Wildman–Crippen MR) is 61.8 cm³/mol. The number of hydrogen-bond acceptors (Lipinski definition) is 1. The highest BCUT2D eigenvalue weighted by Gasteiger charge is 2.08. The van der Waals surface area contributed by atoms with Crippen LogP contribution in [0.1, 0.15) is 10.4 Å². The zero-order valence-corrected chi connectivity index (χ0v) is 10.0. The monoisotopic (exact) mass is 291 g/mol. The Morgan fingerprint density at radius 3 is 2.80 bits per heavy atom. The average Bonchev–Trinajstić information content (AvgIpc) is 2.18. The van der Waals surface area contributed by atoms with Crippen molar-refractivity contribution >= 4 is 33.4 Å². The molecule has 0 radical (unpaired) electrons. The maximum atomic E-state index is 13.0. The molecule has 1 rings (SSSR count). The van der Waals surface area contributed by atoms with Gasteiger partial charge >= 0.3 is 0 Å². The van der Waals surface area contributed by atoms with Crippen LogP contribution in [0.3, 0.4) is 0 Å². The Morgan fingerprint density at radius 1 is 1.60 bits per heavy atom. The number of carbonyl (C=O) groups is 1. The third-order valence-corrected chi connectivity index (χ3v) is 2.21. The van der Waals surface area contributed by atoms with Crippen LogP contribution in [0.25, 0.3) is 0 Å². The van der Waals surface area contributed by atoms with E-state index in [1.165, 1.54) is 12.1 Å². The molecule has 0 saturated carbocycles. The molecule has 5 heteroatoms. The molecule has 1 aromatic carbocycles. The van der Waals surface area contributed by atoms with Gasteiger partial charge in [0.15, 0.2) is 0 Å². The van der Waals surface area contributed by atoms with Crippen molar-refractivity contribution in [3.05, 3.63) is 45.7 Å². The molecular formula is C10H8BrClFNO. The van der Waals surface area contributed by atoms with E-state index in [1.54, 1.807) is 0 Å². The van der Waals surface area contributed by atoms with Crippen LogP contribution in [0, 0.1) is 5.82 Å². The van der Waals surface area contributed by atoms with Gasteiger partial charge in [-0.2, -0.15) is 0 Å². The summed E-state index contributed by atoms with van der Waals surface area (Å²) in [5.41, 5.74) is 0.227. The predicted octanol–water partition coefficient (Wildman–Crippen LogP) is 3.12. The Hall–Kier alpha value is -0.870. The molecule has 0 fully saturated rings. The molecule has 1 amide bonds. The minimum absolute atomic E-state index is 0.00329. The first kappa shape index (κ1) is 12.2. The van der Waals surface area contributed by atoms with Gasteiger partial charge in [-0.15, -0.1) is 0 Å². The maximum Gasteiger partial charge on any atom is 0.251 e. The topological polar surface area (TPSA) is 29.1 Å². The molecule has 2 nitrogen and oxygen atoms in total. The minimum Gasteiger partial charge on any atom is -0.347 e. The molecule has 0 aromatic heterocycles. The fourth-order valence-corrected chi connectivity index (χ4v) is 1.17. The van der Waals surface area contributed by atoms with E-state index in [4.69, 9.17) is 11.6 Å². The van der Waals surface area contributed by atoms with Gasteiger partial charge < -0.3 is 5.32 Å². The lowest BCUT2D eigenvalue weighted by Gasteiger charge is -2.04. The van der Waals surface area contributed by atoms with Crippen molar-refractivity contribution in [1.29, 1.82) is 0 Å². The van der Waals surface area contributed by atoms with Crippen LogP contribution in [0.5, 0.6) is 0 Å². The summed E-state index contributed by atoms with van der Waals surface area (Å²) in [5.74, 6) is -0.979. The van der Waals surface area contributed by atoms with Gasteiger partial charge in [0.05, 0.1) is 5.02 Å². The summed E-state index contributed by atoms with van der Waals surface area (Å²) in [6.45, 7) is 3.85. The molecule has 0 heterocycles. The SMILES string of the molecule is C=C(Br)CNC(=O)c1ccc(Cl)c(F)c1. The van der Waals surface area contributed by atoms with Crippen LogP contribution in [0.4, 0.5) is 4.39 Å². The molecule has 0 saturated heterocycles. The fourth-order valence-electron chi connectivity index (χ4n) is 0.916. The zero-order valence-electron chi connectivity index (χ0n) is 7.69.